The molecule has 0 aromatic rings. The molecule has 1 unspecified atom stereocenters. The zero-order valence-corrected chi connectivity index (χ0v) is 10.0. The van der Waals surface area contributed by atoms with Crippen molar-refractivity contribution in [2.45, 2.75) is 52.5 Å². The van der Waals surface area contributed by atoms with Crippen molar-refractivity contribution in [3.63, 3.8) is 0 Å². The topological polar surface area (TPSA) is 3.24 Å². The van der Waals surface area contributed by atoms with Gasteiger partial charge in [0.15, 0.2) is 0 Å². The van der Waals surface area contributed by atoms with Crippen molar-refractivity contribution >= 4 is 0 Å². The molecule has 1 nitrogen and oxygen atoms in total. The first-order valence-electron chi connectivity index (χ1n) is 5.85. The molecule has 0 radical (unpaired) electrons. The first-order chi connectivity index (χ1) is 6.72. The van der Waals surface area contributed by atoms with Crippen LogP contribution in [-0.4, -0.2) is 18.0 Å². The van der Waals surface area contributed by atoms with Crippen molar-refractivity contribution < 1.29 is 0 Å². The Bertz CT molecular complexity index is 238. The number of nitrogens with zero attached hydrogens (tertiary/aromatic N) is 1. The fraction of sp³-hybridized carbons (Fsp3) is 0.692. The van der Waals surface area contributed by atoms with Crippen molar-refractivity contribution in [3.8, 4) is 0 Å². The van der Waals surface area contributed by atoms with Gasteiger partial charge in [-0.25, -0.2) is 0 Å². The summed E-state index contributed by atoms with van der Waals surface area (Å²) in [6.07, 6.45) is 9.59. The SMILES string of the molecule is CCCC1C(CC)=CC(CC)=CN1C. The van der Waals surface area contributed by atoms with Gasteiger partial charge in [0.1, 0.15) is 0 Å². The summed E-state index contributed by atoms with van der Waals surface area (Å²) >= 11 is 0. The summed E-state index contributed by atoms with van der Waals surface area (Å²) in [5, 5.41) is 0. The van der Waals surface area contributed by atoms with Gasteiger partial charge in [-0.2, -0.15) is 0 Å². The van der Waals surface area contributed by atoms with Crippen LogP contribution in [0.15, 0.2) is 23.4 Å². The molecule has 0 fully saturated rings. The van der Waals surface area contributed by atoms with Crippen LogP contribution >= 0.6 is 0 Å². The molecule has 80 valence electrons. The fourth-order valence-corrected chi connectivity index (χ4v) is 2.18. The molecule has 1 atom stereocenters. The Morgan fingerprint density at radius 1 is 1.21 bits per heavy atom. The van der Waals surface area contributed by atoms with E-state index < -0.39 is 0 Å². The van der Waals surface area contributed by atoms with Crippen LogP contribution < -0.4 is 0 Å². The smallest absolute Gasteiger partial charge is 0.0496 e. The number of hydrogen-bond donors (Lipinski definition) is 0. The van der Waals surface area contributed by atoms with Gasteiger partial charge < -0.3 is 4.90 Å². The highest BCUT2D eigenvalue weighted by Crippen LogP contribution is 2.25. The average Bonchev–Trinajstić information content (AvgIpc) is 2.20. The average molecular weight is 193 g/mol. The number of rotatable bonds is 4. The second kappa shape index (κ2) is 5.23. The van der Waals surface area contributed by atoms with Crippen molar-refractivity contribution in [1.29, 1.82) is 0 Å². The van der Waals surface area contributed by atoms with Crippen LogP contribution in [0.2, 0.25) is 0 Å². The Balaban J connectivity index is 2.81. The second-order valence-electron chi connectivity index (χ2n) is 4.10. The summed E-state index contributed by atoms with van der Waals surface area (Å²) in [6.45, 7) is 6.75. The molecule has 1 heteroatoms. The van der Waals surface area contributed by atoms with Crippen LogP contribution in [0, 0.1) is 0 Å². The van der Waals surface area contributed by atoms with E-state index in [2.05, 4.69) is 45.0 Å². The van der Waals surface area contributed by atoms with Crippen LogP contribution in [0.5, 0.6) is 0 Å². The van der Waals surface area contributed by atoms with Gasteiger partial charge in [0.25, 0.3) is 0 Å². The third kappa shape index (κ3) is 2.40. The lowest BCUT2D eigenvalue weighted by molar-refractivity contribution is 0.335. The van der Waals surface area contributed by atoms with E-state index in [1.807, 2.05) is 0 Å². The van der Waals surface area contributed by atoms with E-state index >= 15 is 0 Å². The van der Waals surface area contributed by atoms with E-state index in [9.17, 15) is 0 Å². The lowest BCUT2D eigenvalue weighted by Crippen LogP contribution is -2.31. The van der Waals surface area contributed by atoms with Gasteiger partial charge in [-0.15, -0.1) is 0 Å². The summed E-state index contributed by atoms with van der Waals surface area (Å²) in [5.74, 6) is 0. The van der Waals surface area contributed by atoms with E-state index in [0.29, 0.717) is 6.04 Å². The zero-order valence-electron chi connectivity index (χ0n) is 10.0. The van der Waals surface area contributed by atoms with Gasteiger partial charge in [0.05, 0.1) is 0 Å². The molecule has 0 aromatic heterocycles. The van der Waals surface area contributed by atoms with Gasteiger partial charge >= 0.3 is 0 Å². The summed E-state index contributed by atoms with van der Waals surface area (Å²) < 4.78 is 0. The Morgan fingerprint density at radius 3 is 2.43 bits per heavy atom. The van der Waals surface area contributed by atoms with Gasteiger partial charge in [-0.05, 0) is 30.4 Å². The molecular weight excluding hydrogens is 170 g/mol. The summed E-state index contributed by atoms with van der Waals surface area (Å²) in [7, 11) is 2.21. The van der Waals surface area contributed by atoms with Crippen molar-refractivity contribution in [1.82, 2.24) is 4.90 Å². The largest absolute Gasteiger partial charge is 0.373 e. The highest BCUT2D eigenvalue weighted by molar-refractivity contribution is 5.30. The molecular formula is C13H23N. The first-order valence-corrected chi connectivity index (χ1v) is 5.85. The molecule has 0 amide bonds. The minimum atomic E-state index is 0.653. The van der Waals surface area contributed by atoms with Crippen LogP contribution in [0.3, 0.4) is 0 Å². The minimum absolute atomic E-state index is 0.653. The molecule has 0 saturated carbocycles. The van der Waals surface area contributed by atoms with E-state index in [0.717, 1.165) is 6.42 Å². The lowest BCUT2D eigenvalue weighted by Gasteiger charge is -2.33. The summed E-state index contributed by atoms with van der Waals surface area (Å²) in [4.78, 5) is 2.39. The first kappa shape index (κ1) is 11.4. The fourth-order valence-electron chi connectivity index (χ4n) is 2.18. The quantitative estimate of drug-likeness (QED) is 0.657. The summed E-state index contributed by atoms with van der Waals surface area (Å²) in [5.41, 5.74) is 3.07. The molecule has 0 saturated heterocycles. The monoisotopic (exact) mass is 193 g/mol. The molecule has 1 heterocycles. The Kier molecular flexibility index (Phi) is 4.24. The maximum absolute atomic E-state index is 2.40. The molecule has 0 bridgehead atoms. The van der Waals surface area contributed by atoms with Crippen LogP contribution in [0.4, 0.5) is 0 Å². The molecule has 1 rings (SSSR count). The molecule has 1 aliphatic rings. The van der Waals surface area contributed by atoms with E-state index in [1.54, 1.807) is 5.57 Å². The maximum atomic E-state index is 2.40. The Morgan fingerprint density at radius 2 is 1.93 bits per heavy atom. The third-order valence-electron chi connectivity index (χ3n) is 3.04. The molecule has 0 aromatic carbocycles. The van der Waals surface area contributed by atoms with Crippen LogP contribution in [0.1, 0.15) is 46.5 Å². The van der Waals surface area contributed by atoms with Crippen molar-refractivity contribution in [2.75, 3.05) is 7.05 Å². The van der Waals surface area contributed by atoms with Crippen LogP contribution in [-0.2, 0) is 0 Å². The van der Waals surface area contributed by atoms with Gasteiger partial charge in [-0.3, -0.25) is 0 Å². The predicted octanol–water partition coefficient (Wildman–Crippen LogP) is 3.73. The maximum Gasteiger partial charge on any atom is 0.0496 e. The van der Waals surface area contributed by atoms with Crippen molar-refractivity contribution in [2.24, 2.45) is 0 Å². The van der Waals surface area contributed by atoms with Crippen LogP contribution in [0.25, 0.3) is 0 Å². The normalized spacial score (nSPS) is 22.0. The molecule has 0 spiro atoms. The van der Waals surface area contributed by atoms with Gasteiger partial charge in [0.2, 0.25) is 0 Å². The van der Waals surface area contributed by atoms with Gasteiger partial charge in [0, 0.05) is 19.3 Å². The lowest BCUT2D eigenvalue weighted by atomic mass is 9.93. The second-order valence-corrected chi connectivity index (χ2v) is 4.10. The predicted molar refractivity (Wildman–Crippen MR) is 63.2 cm³/mol. The molecule has 14 heavy (non-hydrogen) atoms. The van der Waals surface area contributed by atoms with Crippen molar-refractivity contribution in [3.05, 3.63) is 23.4 Å². The highest BCUT2D eigenvalue weighted by atomic mass is 15.1. The summed E-state index contributed by atoms with van der Waals surface area (Å²) in [6, 6.07) is 0.653. The van der Waals surface area contributed by atoms with E-state index in [-0.39, 0.29) is 0 Å². The van der Waals surface area contributed by atoms with E-state index in [4.69, 9.17) is 0 Å². The molecule has 0 N–H and O–H groups in total. The third-order valence-corrected chi connectivity index (χ3v) is 3.04. The Hall–Kier alpha value is -0.720. The zero-order chi connectivity index (χ0) is 10.6. The standard InChI is InChI=1S/C13H23N/c1-5-8-13-12(7-3)9-11(6-2)10-14(13)4/h9-10,13H,5-8H2,1-4H3. The minimum Gasteiger partial charge on any atom is -0.373 e. The Labute approximate surface area is 88.5 Å². The number of allylic oxidation sites excluding steroid dienone is 2. The number of likely N-dealkylation sites (N-methyl/N-ethyl adjacent to an activating group) is 1. The van der Waals surface area contributed by atoms with E-state index in [1.165, 1.54) is 24.8 Å². The number of hydrogen-bond acceptors (Lipinski definition) is 1. The molecule has 0 aliphatic carbocycles. The molecule has 1 aliphatic heterocycles. The highest BCUT2D eigenvalue weighted by Gasteiger charge is 2.19. The van der Waals surface area contributed by atoms with Gasteiger partial charge in [-0.1, -0.05) is 33.3 Å².